The van der Waals surface area contributed by atoms with Crippen LogP contribution in [0.25, 0.3) is 0 Å². The fraction of sp³-hybridized carbons (Fsp3) is 0.296. The molecule has 4 rings (SSSR count). The number of benzene rings is 2. The van der Waals surface area contributed by atoms with Gasteiger partial charge in [0.05, 0.1) is 18.4 Å². The summed E-state index contributed by atoms with van der Waals surface area (Å²) in [5.74, 6) is -1.19. The molecule has 1 aliphatic rings. The Morgan fingerprint density at radius 2 is 1.70 bits per heavy atom. The van der Waals surface area contributed by atoms with Gasteiger partial charge in [0.15, 0.2) is 0 Å². The standard InChI is InChI=1S/C27H28FN3O5S/c1-37-21-4-2-3-20(13-21)36-27-23(12-17(28)14-29-27)26(35)31-19-8-6-18(7-9-19)30-25(34)22-11-16(15-32)5-10-24(22)33/h2-5,10-14,18-19,32-33H,6-9,15H2,1H3,(H,30,34)(H,31,35). The van der Waals surface area contributed by atoms with Gasteiger partial charge >= 0.3 is 0 Å². The highest BCUT2D eigenvalue weighted by atomic mass is 32.2. The van der Waals surface area contributed by atoms with Crippen LogP contribution in [0.5, 0.6) is 17.4 Å². The number of pyridine rings is 1. The molecule has 0 atom stereocenters. The molecule has 2 aromatic carbocycles. The number of amides is 2. The molecule has 0 saturated heterocycles. The topological polar surface area (TPSA) is 121 Å². The molecular formula is C27H28FN3O5S. The average Bonchev–Trinajstić information content (AvgIpc) is 2.91. The number of rotatable bonds is 8. The van der Waals surface area contributed by atoms with Crippen LogP contribution < -0.4 is 15.4 Å². The number of aromatic nitrogens is 1. The van der Waals surface area contributed by atoms with Crippen LogP contribution in [0.4, 0.5) is 4.39 Å². The number of hydrogen-bond donors (Lipinski definition) is 4. The number of nitrogens with zero attached hydrogens (tertiary/aromatic N) is 1. The average molecular weight is 526 g/mol. The number of aliphatic hydroxyl groups is 1. The number of ether oxygens (including phenoxy) is 1. The summed E-state index contributed by atoms with van der Waals surface area (Å²) in [4.78, 5) is 30.6. The summed E-state index contributed by atoms with van der Waals surface area (Å²) in [5.41, 5.74) is 0.641. The molecular weight excluding hydrogens is 497 g/mol. The van der Waals surface area contributed by atoms with Gasteiger partial charge in [-0.25, -0.2) is 9.37 Å². The lowest BCUT2D eigenvalue weighted by atomic mass is 9.90. The summed E-state index contributed by atoms with van der Waals surface area (Å²) in [6.45, 7) is -0.233. The van der Waals surface area contributed by atoms with Gasteiger partial charge in [0.1, 0.15) is 22.9 Å². The summed E-state index contributed by atoms with van der Waals surface area (Å²) in [5, 5.41) is 25.1. The highest BCUT2D eigenvalue weighted by Crippen LogP contribution is 2.28. The van der Waals surface area contributed by atoms with Gasteiger partial charge in [-0.1, -0.05) is 12.1 Å². The van der Waals surface area contributed by atoms with Gasteiger partial charge in [-0.3, -0.25) is 9.59 Å². The SMILES string of the molecule is CSc1cccc(Oc2ncc(F)cc2C(=O)NC2CCC(NC(=O)c3cc(CO)ccc3O)CC2)c1. The van der Waals surface area contributed by atoms with E-state index < -0.39 is 17.6 Å². The summed E-state index contributed by atoms with van der Waals surface area (Å²) < 4.78 is 19.8. The molecule has 3 aromatic rings. The maximum Gasteiger partial charge on any atom is 0.257 e. The number of carbonyl (C=O) groups excluding carboxylic acids is 2. The minimum absolute atomic E-state index is 0.00391. The van der Waals surface area contributed by atoms with E-state index in [1.165, 1.54) is 12.1 Å². The summed E-state index contributed by atoms with van der Waals surface area (Å²) >= 11 is 1.55. The lowest BCUT2D eigenvalue weighted by Gasteiger charge is -2.30. The molecule has 0 aliphatic heterocycles. The van der Waals surface area contributed by atoms with E-state index in [2.05, 4.69) is 15.6 Å². The minimum atomic E-state index is -0.643. The van der Waals surface area contributed by atoms with Crippen molar-refractivity contribution in [2.75, 3.05) is 6.26 Å². The van der Waals surface area contributed by atoms with E-state index in [-0.39, 0.29) is 41.4 Å². The quantitative estimate of drug-likeness (QED) is 0.322. The van der Waals surface area contributed by atoms with Crippen molar-refractivity contribution < 1.29 is 28.9 Å². The monoisotopic (exact) mass is 525 g/mol. The van der Waals surface area contributed by atoms with Crippen molar-refractivity contribution in [3.05, 3.63) is 77.2 Å². The van der Waals surface area contributed by atoms with E-state index in [4.69, 9.17) is 4.74 Å². The Hall–Kier alpha value is -3.63. The van der Waals surface area contributed by atoms with Crippen LogP contribution in [0.2, 0.25) is 0 Å². The highest BCUT2D eigenvalue weighted by molar-refractivity contribution is 7.98. The lowest BCUT2D eigenvalue weighted by Crippen LogP contribution is -2.44. The number of thioether (sulfide) groups is 1. The zero-order chi connectivity index (χ0) is 26.4. The Morgan fingerprint density at radius 1 is 1.03 bits per heavy atom. The molecule has 10 heteroatoms. The van der Waals surface area contributed by atoms with Crippen molar-refractivity contribution in [3.8, 4) is 17.4 Å². The first-order chi connectivity index (χ1) is 17.9. The molecule has 37 heavy (non-hydrogen) atoms. The lowest BCUT2D eigenvalue weighted by molar-refractivity contribution is 0.0888. The number of phenols is 1. The third-order valence-corrected chi connectivity index (χ3v) is 6.93. The summed E-state index contributed by atoms with van der Waals surface area (Å²) in [6, 6.07) is 12.5. The number of nitrogens with one attached hydrogen (secondary N) is 2. The largest absolute Gasteiger partial charge is 0.507 e. The van der Waals surface area contributed by atoms with Crippen molar-refractivity contribution in [3.63, 3.8) is 0 Å². The fourth-order valence-corrected chi connectivity index (χ4v) is 4.67. The second kappa shape index (κ2) is 12.1. The van der Waals surface area contributed by atoms with Crippen molar-refractivity contribution in [1.82, 2.24) is 15.6 Å². The Kier molecular flexibility index (Phi) is 8.62. The molecule has 1 saturated carbocycles. The first kappa shape index (κ1) is 26.4. The zero-order valence-electron chi connectivity index (χ0n) is 20.2. The van der Waals surface area contributed by atoms with E-state index in [9.17, 15) is 24.2 Å². The number of aliphatic hydroxyl groups excluding tert-OH is 1. The van der Waals surface area contributed by atoms with Crippen molar-refractivity contribution in [1.29, 1.82) is 0 Å². The van der Waals surface area contributed by atoms with Crippen molar-refractivity contribution in [2.24, 2.45) is 0 Å². The number of aromatic hydroxyl groups is 1. The van der Waals surface area contributed by atoms with Gasteiger partial charge in [0, 0.05) is 17.0 Å². The predicted octanol–water partition coefficient (Wildman–Crippen LogP) is 4.40. The predicted molar refractivity (Wildman–Crippen MR) is 137 cm³/mol. The van der Waals surface area contributed by atoms with E-state index in [0.29, 0.717) is 37.0 Å². The third-order valence-electron chi connectivity index (χ3n) is 6.20. The smallest absolute Gasteiger partial charge is 0.257 e. The number of halogens is 1. The molecule has 1 heterocycles. The van der Waals surface area contributed by atoms with E-state index in [1.807, 2.05) is 24.5 Å². The Labute approximate surface area is 218 Å². The van der Waals surface area contributed by atoms with Crippen molar-refractivity contribution in [2.45, 2.75) is 49.3 Å². The van der Waals surface area contributed by atoms with Crippen LogP contribution in [0.15, 0.2) is 59.6 Å². The molecule has 1 fully saturated rings. The number of phenolic OH excluding ortho intramolecular Hbond substituents is 1. The van der Waals surface area contributed by atoms with Gasteiger partial charge in [-0.15, -0.1) is 11.8 Å². The Morgan fingerprint density at radius 3 is 2.35 bits per heavy atom. The van der Waals surface area contributed by atoms with Gasteiger partial charge in [-0.2, -0.15) is 0 Å². The van der Waals surface area contributed by atoms with Crippen LogP contribution in [0.1, 0.15) is 52.0 Å². The Bertz CT molecular complexity index is 1280. The van der Waals surface area contributed by atoms with Crippen LogP contribution in [0.3, 0.4) is 0 Å². The maximum absolute atomic E-state index is 14.0. The van der Waals surface area contributed by atoms with Crippen LogP contribution >= 0.6 is 11.8 Å². The first-order valence-corrected chi connectivity index (χ1v) is 13.1. The molecule has 0 radical (unpaired) electrons. The van der Waals surface area contributed by atoms with E-state index in [0.717, 1.165) is 17.2 Å². The van der Waals surface area contributed by atoms with Gasteiger partial charge in [0.25, 0.3) is 11.8 Å². The van der Waals surface area contributed by atoms with Crippen molar-refractivity contribution >= 4 is 23.6 Å². The van der Waals surface area contributed by atoms with Gasteiger partial charge < -0.3 is 25.6 Å². The highest BCUT2D eigenvalue weighted by Gasteiger charge is 2.26. The van der Waals surface area contributed by atoms with Crippen LogP contribution in [-0.2, 0) is 6.61 Å². The van der Waals surface area contributed by atoms with Crippen LogP contribution in [-0.4, -0.2) is 45.4 Å². The summed E-state index contributed by atoms with van der Waals surface area (Å²) in [6.07, 6.45) is 5.38. The second-order valence-electron chi connectivity index (χ2n) is 8.79. The van der Waals surface area contributed by atoms with Crippen LogP contribution in [0, 0.1) is 5.82 Å². The van der Waals surface area contributed by atoms with Gasteiger partial charge in [0.2, 0.25) is 5.88 Å². The fourth-order valence-electron chi connectivity index (χ4n) is 4.22. The maximum atomic E-state index is 14.0. The summed E-state index contributed by atoms with van der Waals surface area (Å²) in [7, 11) is 0. The van der Waals surface area contributed by atoms with E-state index in [1.54, 1.807) is 23.9 Å². The number of carbonyl (C=O) groups is 2. The molecule has 2 amide bonds. The molecule has 194 valence electrons. The van der Waals surface area contributed by atoms with Gasteiger partial charge in [-0.05, 0) is 73.9 Å². The molecule has 0 unspecified atom stereocenters. The minimum Gasteiger partial charge on any atom is -0.507 e. The first-order valence-electron chi connectivity index (χ1n) is 11.9. The van der Waals surface area contributed by atoms with E-state index >= 15 is 0 Å². The third kappa shape index (κ3) is 6.78. The Balaban J connectivity index is 1.36. The second-order valence-corrected chi connectivity index (χ2v) is 9.67. The zero-order valence-corrected chi connectivity index (χ0v) is 21.1. The molecule has 4 N–H and O–H groups in total. The molecule has 0 bridgehead atoms. The number of hydrogen-bond acceptors (Lipinski definition) is 7. The molecule has 1 aliphatic carbocycles. The molecule has 0 spiro atoms. The molecule has 8 nitrogen and oxygen atoms in total. The molecule has 1 aromatic heterocycles. The normalized spacial score (nSPS) is 17.2.